The van der Waals surface area contributed by atoms with Crippen LogP contribution in [0, 0.1) is 20.8 Å². The van der Waals surface area contributed by atoms with Gasteiger partial charge in [-0.25, -0.2) is 0 Å². The van der Waals surface area contributed by atoms with Crippen molar-refractivity contribution in [1.29, 1.82) is 0 Å². The van der Waals surface area contributed by atoms with Gasteiger partial charge in [-0.1, -0.05) is 72.8 Å². The molecule has 3 aliphatic heterocycles. The number of methoxy groups -OCH3 is 1. The number of piperidine rings is 2. The lowest BCUT2D eigenvalue weighted by Gasteiger charge is -2.45. The number of phenolic OH excluding ortho intramolecular Hbond substituents is 1. The number of aromatic nitrogens is 3. The molecule has 8 nitrogen and oxygen atoms in total. The predicted octanol–water partition coefficient (Wildman–Crippen LogP) is 10.6. The number of hydrogen-bond acceptors (Lipinski definition) is 8. The lowest BCUT2D eigenvalue weighted by Crippen LogP contribution is -2.53. The van der Waals surface area contributed by atoms with Gasteiger partial charge in [0, 0.05) is 54.4 Å². The van der Waals surface area contributed by atoms with Crippen LogP contribution in [0.2, 0.25) is 0 Å². The van der Waals surface area contributed by atoms with E-state index in [1.165, 1.54) is 67.4 Å². The van der Waals surface area contributed by atoms with Crippen molar-refractivity contribution in [2.45, 2.75) is 95.6 Å². The lowest BCUT2D eigenvalue weighted by molar-refractivity contribution is -0.0567. The summed E-state index contributed by atoms with van der Waals surface area (Å²) in [4.78, 5) is 11.8. The molecule has 0 unspecified atom stereocenters. The number of hydrogen-bond donors (Lipinski definition) is 1. The van der Waals surface area contributed by atoms with Crippen molar-refractivity contribution in [3.63, 3.8) is 0 Å². The van der Waals surface area contributed by atoms with Gasteiger partial charge in [0.15, 0.2) is 5.82 Å². The highest BCUT2D eigenvalue weighted by Crippen LogP contribution is 2.47. The summed E-state index contributed by atoms with van der Waals surface area (Å²) < 4.78 is 8.61. The van der Waals surface area contributed by atoms with Crippen LogP contribution >= 0.6 is 11.3 Å². The molecule has 314 valence electrons. The second-order valence-electron chi connectivity index (χ2n) is 18.1. The molecule has 2 fully saturated rings. The maximum atomic E-state index is 10.3. The summed E-state index contributed by atoms with van der Waals surface area (Å²) in [5.74, 6) is 3.44. The summed E-state index contributed by atoms with van der Waals surface area (Å²) in [6.07, 6.45) is 6.45. The highest BCUT2D eigenvalue weighted by atomic mass is 32.1. The van der Waals surface area contributed by atoms with Gasteiger partial charge in [0.05, 0.1) is 11.3 Å². The Morgan fingerprint density at radius 3 is 2.25 bits per heavy atom. The average molecular weight is 831 g/mol. The maximum absolute atomic E-state index is 10.3. The van der Waals surface area contributed by atoms with E-state index in [4.69, 9.17) is 9.73 Å². The number of aryl methyl sites for hydroxylation is 3. The Kier molecular flexibility index (Phi) is 10.7. The van der Waals surface area contributed by atoms with E-state index in [0.29, 0.717) is 17.6 Å². The van der Waals surface area contributed by atoms with Crippen LogP contribution in [0.15, 0.2) is 102 Å². The second-order valence-corrected chi connectivity index (χ2v) is 19.3. The fourth-order valence-electron chi connectivity index (χ4n) is 11.0. The minimum Gasteiger partial charge on any atom is -0.508 e. The molecule has 2 aromatic heterocycles. The van der Waals surface area contributed by atoms with Crippen LogP contribution in [-0.4, -0.2) is 75.9 Å². The molecular weight excluding hydrogens is 773 g/mol. The highest BCUT2D eigenvalue weighted by Gasteiger charge is 2.38. The highest BCUT2D eigenvalue weighted by molar-refractivity contribution is 7.15. The van der Waals surface area contributed by atoms with Crippen LogP contribution in [0.4, 0.5) is 5.69 Å². The van der Waals surface area contributed by atoms with Gasteiger partial charge in [-0.15, -0.1) is 21.5 Å². The number of anilines is 1. The zero-order valence-electron chi connectivity index (χ0n) is 36.3. The van der Waals surface area contributed by atoms with Crippen LogP contribution in [0.5, 0.6) is 5.75 Å². The topological polar surface area (TPSA) is 79.0 Å². The maximum Gasteiger partial charge on any atom is 0.162 e. The normalized spacial score (nSPS) is 21.6. The van der Waals surface area contributed by atoms with Gasteiger partial charge < -0.3 is 19.6 Å². The van der Waals surface area contributed by atoms with Gasteiger partial charge in [0.25, 0.3) is 0 Å². The summed E-state index contributed by atoms with van der Waals surface area (Å²) in [7, 11) is 1.93. The van der Waals surface area contributed by atoms with Crippen LogP contribution in [0.3, 0.4) is 0 Å². The quantitative estimate of drug-likeness (QED) is 0.165. The Morgan fingerprint density at radius 2 is 1.52 bits per heavy atom. The summed E-state index contributed by atoms with van der Waals surface area (Å²) in [6.45, 7) is 13.7. The van der Waals surface area contributed by atoms with Crippen LogP contribution in [-0.2, 0) is 11.2 Å². The molecule has 0 radical (unpaired) electrons. The van der Waals surface area contributed by atoms with E-state index in [0.717, 1.165) is 81.3 Å². The van der Waals surface area contributed by atoms with E-state index in [1.807, 2.05) is 26.2 Å². The molecule has 1 aliphatic carbocycles. The molecule has 1 N–H and O–H groups in total. The summed E-state index contributed by atoms with van der Waals surface area (Å²) >= 11 is 1.81. The first-order valence-electron chi connectivity index (χ1n) is 22.4. The van der Waals surface area contributed by atoms with Gasteiger partial charge in [-0.05, 0) is 149 Å². The number of phenols is 1. The molecule has 0 bridgehead atoms. The number of likely N-dealkylation sites (tertiary alicyclic amines) is 1. The first kappa shape index (κ1) is 40.0. The fourth-order valence-corrected chi connectivity index (χ4v) is 12.2. The molecule has 2 saturated heterocycles. The minimum absolute atomic E-state index is 0.0889. The van der Waals surface area contributed by atoms with Crippen LogP contribution < -0.4 is 4.90 Å². The first-order valence-corrected chi connectivity index (χ1v) is 23.2. The molecule has 4 aliphatic rings. The lowest BCUT2D eigenvalue weighted by atomic mass is 9.69. The largest absolute Gasteiger partial charge is 0.508 e. The third kappa shape index (κ3) is 7.42. The van der Waals surface area contributed by atoms with E-state index in [2.05, 4.69) is 130 Å². The molecule has 6 aromatic rings. The number of aliphatic imine (C=N–C) groups is 1. The first-order chi connectivity index (χ1) is 29.7. The second kappa shape index (κ2) is 16.3. The summed E-state index contributed by atoms with van der Waals surface area (Å²) in [6, 6.07) is 35.6. The van der Waals surface area contributed by atoms with Crippen molar-refractivity contribution < 1.29 is 9.84 Å². The Bertz CT molecular complexity index is 2540. The zero-order valence-corrected chi connectivity index (χ0v) is 37.1. The van der Waals surface area contributed by atoms with Crippen molar-refractivity contribution in [3.8, 4) is 10.8 Å². The third-order valence-electron chi connectivity index (χ3n) is 14.6. The molecule has 61 heavy (non-hydrogen) atoms. The molecule has 3 atom stereocenters. The molecule has 0 amide bonds. The van der Waals surface area contributed by atoms with Gasteiger partial charge in [0.2, 0.25) is 0 Å². The van der Waals surface area contributed by atoms with Crippen molar-refractivity contribution in [2.24, 2.45) is 4.99 Å². The van der Waals surface area contributed by atoms with Crippen molar-refractivity contribution >= 4 is 22.7 Å². The number of benzene rings is 4. The number of nitrogens with zero attached hydrogens (tertiary/aromatic N) is 6. The molecular formula is C52H58N6O2S. The third-order valence-corrected chi connectivity index (χ3v) is 15.8. The zero-order chi connectivity index (χ0) is 41.8. The van der Waals surface area contributed by atoms with Gasteiger partial charge in [-0.3, -0.25) is 9.56 Å². The fraction of sp³-hybridized carbons (Fsp3) is 0.404. The monoisotopic (exact) mass is 830 g/mol. The van der Waals surface area contributed by atoms with Gasteiger partial charge >= 0.3 is 0 Å². The number of rotatable bonds is 8. The van der Waals surface area contributed by atoms with Gasteiger partial charge in [0.1, 0.15) is 22.6 Å². The standard InChI is InChI=1S/C52H58N6O2S/c1-33-35(3)61-51-47(33)49(53-34(2)50-55-54-36(4)58(50)51)41-15-18-43(19-16-41)57-29-25-52(60-5,26-30-57)32-56-27-23-38(24-28-56)37-11-13-40(14-12-37)48-45(39-9-7-6-8-10-39)21-17-42-31-44(59)20-22-46(42)48/h6-16,18-20,22,31,34,38,45,48,59H,17,21,23-30,32H2,1-5H3/t34-,45+,48-/m0/s1. The van der Waals surface area contributed by atoms with E-state index in [1.54, 1.807) is 11.3 Å². The molecule has 10 rings (SSSR count). The Morgan fingerprint density at radius 1 is 0.803 bits per heavy atom. The predicted molar refractivity (Wildman–Crippen MR) is 247 cm³/mol. The van der Waals surface area contributed by atoms with Crippen molar-refractivity contribution in [2.75, 3.05) is 44.7 Å². The summed E-state index contributed by atoms with van der Waals surface area (Å²) in [5.41, 5.74) is 12.7. The van der Waals surface area contributed by atoms with Crippen molar-refractivity contribution in [1.82, 2.24) is 19.7 Å². The van der Waals surface area contributed by atoms with E-state index in [-0.39, 0.29) is 17.6 Å². The summed E-state index contributed by atoms with van der Waals surface area (Å²) in [5, 5.41) is 20.4. The SMILES string of the molecule is COC1(CN2CCC(c3ccc([C@@H]4c5ccc(O)cc5CC[C@@H]4c4ccccc4)cc3)CC2)CCN(c2ccc(C3=N[C@@H](C)c4nnc(C)n4-c4sc(C)c(C)c43)cc2)CC1. The number of ether oxygens (including phenoxy) is 1. The average Bonchev–Trinajstić information content (AvgIpc) is 3.79. The molecule has 5 heterocycles. The Hall–Kier alpha value is -5.09. The Labute approximate surface area is 365 Å². The number of aromatic hydroxyl groups is 1. The molecule has 0 saturated carbocycles. The van der Waals surface area contributed by atoms with E-state index >= 15 is 0 Å². The van der Waals surface area contributed by atoms with Crippen LogP contribution in [0.1, 0.15) is 124 Å². The van der Waals surface area contributed by atoms with Crippen molar-refractivity contribution in [3.05, 3.63) is 158 Å². The minimum atomic E-state index is -0.124. The smallest absolute Gasteiger partial charge is 0.162 e. The molecule has 9 heteroatoms. The molecule has 0 spiro atoms. The Balaban J connectivity index is 0.772. The number of thiophene rings is 1. The van der Waals surface area contributed by atoms with E-state index < -0.39 is 0 Å². The molecule has 4 aromatic carbocycles. The number of fused-ring (bicyclic) bond motifs is 4. The van der Waals surface area contributed by atoms with E-state index in [9.17, 15) is 5.11 Å². The van der Waals surface area contributed by atoms with Crippen LogP contribution in [0.25, 0.3) is 5.00 Å². The van der Waals surface area contributed by atoms with Gasteiger partial charge in [-0.2, -0.15) is 0 Å².